The Morgan fingerprint density at radius 3 is 3.20 bits per heavy atom. The molecule has 2 rings (SSSR count). The molecule has 1 saturated heterocycles. The Bertz CT molecular complexity index is 329. The van der Waals surface area contributed by atoms with Crippen LogP contribution in [0.4, 0.5) is 5.82 Å². The fraction of sp³-hybridized carbons (Fsp3) is 0.636. The SMILES string of the molecule is Cc1cnnc(N2CCC(CCCl)C2)c1. The lowest BCUT2D eigenvalue weighted by atomic mass is 10.1. The van der Waals surface area contributed by atoms with Gasteiger partial charge in [-0.05, 0) is 37.3 Å². The van der Waals surface area contributed by atoms with E-state index >= 15 is 0 Å². The van der Waals surface area contributed by atoms with Crippen molar-refractivity contribution >= 4 is 17.4 Å². The summed E-state index contributed by atoms with van der Waals surface area (Å²) in [6.45, 7) is 4.20. The van der Waals surface area contributed by atoms with Crippen molar-refractivity contribution in [2.75, 3.05) is 23.9 Å². The van der Waals surface area contributed by atoms with E-state index in [0.717, 1.165) is 37.1 Å². The number of halogens is 1. The first-order valence-corrected chi connectivity index (χ1v) is 5.93. The Balaban J connectivity index is 2.01. The van der Waals surface area contributed by atoms with E-state index in [0.29, 0.717) is 0 Å². The number of alkyl halides is 1. The lowest BCUT2D eigenvalue weighted by molar-refractivity contribution is 0.572. The summed E-state index contributed by atoms with van der Waals surface area (Å²) < 4.78 is 0. The summed E-state index contributed by atoms with van der Waals surface area (Å²) in [5, 5.41) is 8.14. The molecule has 1 aromatic heterocycles. The van der Waals surface area contributed by atoms with Gasteiger partial charge in [0.05, 0.1) is 6.20 Å². The zero-order chi connectivity index (χ0) is 10.7. The molecule has 1 aromatic rings. The van der Waals surface area contributed by atoms with E-state index in [9.17, 15) is 0 Å². The molecule has 1 fully saturated rings. The van der Waals surface area contributed by atoms with Crippen molar-refractivity contribution in [1.82, 2.24) is 10.2 Å². The number of aromatic nitrogens is 2. The molecule has 1 atom stereocenters. The van der Waals surface area contributed by atoms with Crippen LogP contribution in [0.3, 0.4) is 0 Å². The van der Waals surface area contributed by atoms with Gasteiger partial charge in [0.25, 0.3) is 0 Å². The van der Waals surface area contributed by atoms with Gasteiger partial charge in [0, 0.05) is 19.0 Å². The summed E-state index contributed by atoms with van der Waals surface area (Å²) in [5.41, 5.74) is 1.17. The molecule has 3 nitrogen and oxygen atoms in total. The number of hydrogen-bond acceptors (Lipinski definition) is 3. The molecule has 1 aliphatic rings. The van der Waals surface area contributed by atoms with E-state index < -0.39 is 0 Å². The third-order valence-electron chi connectivity index (χ3n) is 2.91. The highest BCUT2D eigenvalue weighted by atomic mass is 35.5. The number of aryl methyl sites for hydroxylation is 1. The minimum absolute atomic E-state index is 0.727. The monoisotopic (exact) mass is 225 g/mol. The van der Waals surface area contributed by atoms with E-state index in [1.165, 1.54) is 12.0 Å². The summed E-state index contributed by atoms with van der Waals surface area (Å²) in [6.07, 6.45) is 4.12. The molecule has 0 bridgehead atoms. The van der Waals surface area contributed by atoms with Crippen molar-refractivity contribution in [2.45, 2.75) is 19.8 Å². The van der Waals surface area contributed by atoms with E-state index in [4.69, 9.17) is 11.6 Å². The fourth-order valence-corrected chi connectivity index (χ4v) is 2.34. The Hall–Kier alpha value is -0.830. The highest BCUT2D eigenvalue weighted by Gasteiger charge is 2.22. The van der Waals surface area contributed by atoms with Gasteiger partial charge in [0.2, 0.25) is 0 Å². The van der Waals surface area contributed by atoms with E-state index in [2.05, 4.69) is 21.2 Å². The van der Waals surface area contributed by atoms with Crippen LogP contribution >= 0.6 is 11.6 Å². The van der Waals surface area contributed by atoms with Gasteiger partial charge in [-0.15, -0.1) is 16.7 Å². The smallest absolute Gasteiger partial charge is 0.151 e. The minimum Gasteiger partial charge on any atom is -0.355 e. The van der Waals surface area contributed by atoms with Gasteiger partial charge in [0.15, 0.2) is 5.82 Å². The second kappa shape index (κ2) is 4.79. The first-order valence-electron chi connectivity index (χ1n) is 5.40. The van der Waals surface area contributed by atoms with Gasteiger partial charge < -0.3 is 4.90 Å². The summed E-state index contributed by atoms with van der Waals surface area (Å²) in [6, 6.07) is 2.09. The van der Waals surface area contributed by atoms with Crippen molar-refractivity contribution in [3.05, 3.63) is 17.8 Å². The van der Waals surface area contributed by atoms with Crippen molar-refractivity contribution < 1.29 is 0 Å². The Labute approximate surface area is 95.5 Å². The molecular weight excluding hydrogens is 210 g/mol. The van der Waals surface area contributed by atoms with Crippen LogP contribution in [0.5, 0.6) is 0 Å². The van der Waals surface area contributed by atoms with Gasteiger partial charge >= 0.3 is 0 Å². The highest BCUT2D eigenvalue weighted by molar-refractivity contribution is 6.17. The molecule has 1 unspecified atom stereocenters. The number of rotatable bonds is 3. The maximum atomic E-state index is 5.75. The van der Waals surface area contributed by atoms with Gasteiger partial charge in [-0.3, -0.25) is 0 Å². The van der Waals surface area contributed by atoms with Crippen molar-refractivity contribution in [3.63, 3.8) is 0 Å². The van der Waals surface area contributed by atoms with E-state index in [1.54, 1.807) is 6.20 Å². The van der Waals surface area contributed by atoms with Crippen LogP contribution in [0, 0.1) is 12.8 Å². The molecule has 0 N–H and O–H groups in total. The maximum absolute atomic E-state index is 5.75. The van der Waals surface area contributed by atoms with Crippen molar-refractivity contribution in [2.24, 2.45) is 5.92 Å². The second-order valence-electron chi connectivity index (χ2n) is 4.17. The van der Waals surface area contributed by atoms with Crippen LogP contribution in [-0.2, 0) is 0 Å². The maximum Gasteiger partial charge on any atom is 0.151 e. The van der Waals surface area contributed by atoms with Gasteiger partial charge in [-0.25, -0.2) is 0 Å². The van der Waals surface area contributed by atoms with Crippen molar-refractivity contribution in [3.8, 4) is 0 Å². The first-order chi connectivity index (χ1) is 7.29. The van der Waals surface area contributed by atoms with Crippen LogP contribution in [0.2, 0.25) is 0 Å². The lowest BCUT2D eigenvalue weighted by Gasteiger charge is -2.16. The summed E-state index contributed by atoms with van der Waals surface area (Å²) >= 11 is 5.75. The van der Waals surface area contributed by atoms with Crippen LogP contribution in [0.15, 0.2) is 12.3 Å². The molecule has 0 saturated carbocycles. The molecule has 1 aliphatic heterocycles. The van der Waals surface area contributed by atoms with Crippen LogP contribution in [0.25, 0.3) is 0 Å². The Morgan fingerprint density at radius 2 is 2.47 bits per heavy atom. The van der Waals surface area contributed by atoms with Gasteiger partial charge in [-0.1, -0.05) is 0 Å². The highest BCUT2D eigenvalue weighted by Crippen LogP contribution is 2.24. The molecule has 15 heavy (non-hydrogen) atoms. The molecule has 82 valence electrons. The van der Waals surface area contributed by atoms with Crippen LogP contribution in [0.1, 0.15) is 18.4 Å². The number of nitrogens with zero attached hydrogens (tertiary/aromatic N) is 3. The van der Waals surface area contributed by atoms with E-state index in [1.807, 2.05) is 6.92 Å². The predicted octanol–water partition coefficient (Wildman–Crippen LogP) is 2.24. The third-order valence-corrected chi connectivity index (χ3v) is 3.12. The van der Waals surface area contributed by atoms with Crippen LogP contribution in [-0.4, -0.2) is 29.2 Å². The molecule has 0 amide bonds. The predicted molar refractivity (Wildman–Crippen MR) is 62.4 cm³/mol. The molecule has 2 heterocycles. The van der Waals surface area contributed by atoms with E-state index in [-0.39, 0.29) is 0 Å². The molecular formula is C11H16ClN3. The number of hydrogen-bond donors (Lipinski definition) is 0. The fourth-order valence-electron chi connectivity index (χ4n) is 2.03. The molecule has 0 aromatic carbocycles. The van der Waals surface area contributed by atoms with Gasteiger partial charge in [0.1, 0.15) is 0 Å². The molecule has 4 heteroatoms. The molecule has 0 radical (unpaired) electrons. The zero-order valence-electron chi connectivity index (χ0n) is 8.99. The third kappa shape index (κ3) is 2.59. The van der Waals surface area contributed by atoms with Gasteiger partial charge in [-0.2, -0.15) is 5.10 Å². The largest absolute Gasteiger partial charge is 0.355 e. The Kier molecular flexibility index (Phi) is 3.41. The normalized spacial score (nSPS) is 20.9. The topological polar surface area (TPSA) is 29.0 Å². The zero-order valence-corrected chi connectivity index (χ0v) is 9.74. The summed E-state index contributed by atoms with van der Waals surface area (Å²) in [7, 11) is 0. The first kappa shape index (κ1) is 10.7. The average molecular weight is 226 g/mol. The Morgan fingerprint density at radius 1 is 1.60 bits per heavy atom. The standard InChI is InChI=1S/C11H16ClN3/c1-9-6-11(14-13-7-9)15-5-3-10(8-15)2-4-12/h6-7,10H,2-5,8H2,1H3. The molecule has 0 aliphatic carbocycles. The van der Waals surface area contributed by atoms with Crippen LogP contribution < -0.4 is 4.90 Å². The van der Waals surface area contributed by atoms with Crippen molar-refractivity contribution in [1.29, 1.82) is 0 Å². The average Bonchev–Trinajstić information content (AvgIpc) is 2.67. The quantitative estimate of drug-likeness (QED) is 0.739. The number of anilines is 1. The second-order valence-corrected chi connectivity index (χ2v) is 4.55. The lowest BCUT2D eigenvalue weighted by Crippen LogP contribution is -2.21. The minimum atomic E-state index is 0.727. The molecule has 0 spiro atoms. The summed E-state index contributed by atoms with van der Waals surface area (Å²) in [5.74, 6) is 2.50. The summed E-state index contributed by atoms with van der Waals surface area (Å²) in [4.78, 5) is 2.30.